The number of amides is 1. The topological polar surface area (TPSA) is 68.0 Å². The third kappa shape index (κ3) is 5.92. The maximum absolute atomic E-state index is 12.4. The molecule has 0 atom stereocenters. The van der Waals surface area contributed by atoms with Crippen LogP contribution in [-0.4, -0.2) is 22.6 Å². The Bertz CT molecular complexity index is 854. The number of rotatable bonds is 8. The fourth-order valence-corrected chi connectivity index (χ4v) is 4.00. The summed E-state index contributed by atoms with van der Waals surface area (Å²) < 4.78 is 5.66. The maximum Gasteiger partial charge on any atom is 0.308 e. The molecule has 0 saturated heterocycles. The molecular formula is C23H30ClN3O2. The number of aromatic nitrogens is 2. The Balaban J connectivity index is 1.60. The number of allylic oxidation sites excluding steroid dienone is 1. The van der Waals surface area contributed by atoms with Gasteiger partial charge in [0.2, 0.25) is 5.89 Å². The molecule has 0 aliphatic heterocycles. The van der Waals surface area contributed by atoms with Gasteiger partial charge in [-0.1, -0.05) is 56.4 Å². The van der Waals surface area contributed by atoms with Crippen LogP contribution in [-0.2, 0) is 0 Å². The SMILES string of the molecule is CCCC=C(CCNC(=O)c1nnc(C2CCCCC2)o1)c1cc(Cl)ccc1C. The zero-order chi connectivity index (χ0) is 20.6. The number of halogens is 1. The summed E-state index contributed by atoms with van der Waals surface area (Å²) >= 11 is 6.20. The van der Waals surface area contributed by atoms with Crippen molar-refractivity contribution in [2.24, 2.45) is 0 Å². The van der Waals surface area contributed by atoms with E-state index in [2.05, 4.69) is 35.4 Å². The van der Waals surface area contributed by atoms with Crippen molar-refractivity contribution < 1.29 is 9.21 Å². The fraction of sp³-hybridized carbons (Fsp3) is 0.522. The van der Waals surface area contributed by atoms with Crippen LogP contribution in [0.25, 0.3) is 5.57 Å². The number of nitrogens with zero attached hydrogens (tertiary/aromatic N) is 2. The van der Waals surface area contributed by atoms with Crippen molar-refractivity contribution >= 4 is 23.1 Å². The smallest absolute Gasteiger partial charge is 0.308 e. The third-order valence-electron chi connectivity index (χ3n) is 5.49. The number of nitrogens with one attached hydrogen (secondary N) is 1. The molecular weight excluding hydrogens is 386 g/mol. The number of carbonyl (C=O) groups is 1. The number of aryl methyl sites for hydroxylation is 1. The largest absolute Gasteiger partial charge is 0.417 e. The van der Waals surface area contributed by atoms with Gasteiger partial charge >= 0.3 is 11.8 Å². The molecule has 1 heterocycles. The van der Waals surface area contributed by atoms with E-state index in [1.165, 1.54) is 30.4 Å². The highest BCUT2D eigenvalue weighted by Gasteiger charge is 2.23. The van der Waals surface area contributed by atoms with E-state index in [0.29, 0.717) is 18.4 Å². The van der Waals surface area contributed by atoms with Crippen molar-refractivity contribution in [2.75, 3.05) is 6.54 Å². The van der Waals surface area contributed by atoms with Gasteiger partial charge in [-0.25, -0.2) is 0 Å². The van der Waals surface area contributed by atoms with E-state index >= 15 is 0 Å². The summed E-state index contributed by atoms with van der Waals surface area (Å²) in [5, 5.41) is 11.7. The first-order valence-corrected chi connectivity index (χ1v) is 11.0. The molecule has 0 bridgehead atoms. The first-order chi connectivity index (χ1) is 14.1. The van der Waals surface area contributed by atoms with Crippen molar-refractivity contribution in [2.45, 2.75) is 71.1 Å². The summed E-state index contributed by atoms with van der Waals surface area (Å²) in [5.41, 5.74) is 3.51. The van der Waals surface area contributed by atoms with Crippen LogP contribution < -0.4 is 5.32 Å². The zero-order valence-corrected chi connectivity index (χ0v) is 18.1. The molecule has 1 aliphatic carbocycles. The summed E-state index contributed by atoms with van der Waals surface area (Å²) in [4.78, 5) is 12.4. The Kier molecular flexibility index (Phi) is 7.87. The molecule has 5 nitrogen and oxygen atoms in total. The van der Waals surface area contributed by atoms with Gasteiger partial charge in [-0.05, 0) is 61.4 Å². The molecule has 1 N–H and O–H groups in total. The summed E-state index contributed by atoms with van der Waals surface area (Å²) in [6.45, 7) is 4.73. The van der Waals surface area contributed by atoms with Crippen LogP contribution in [0.4, 0.5) is 0 Å². The van der Waals surface area contributed by atoms with Gasteiger partial charge in [0.25, 0.3) is 0 Å². The normalized spacial score (nSPS) is 15.5. The summed E-state index contributed by atoms with van der Waals surface area (Å²) in [5.74, 6) is 0.654. The predicted octanol–water partition coefficient (Wildman–Crippen LogP) is 6.08. The second-order valence-corrected chi connectivity index (χ2v) is 8.20. The molecule has 2 aromatic rings. The lowest BCUT2D eigenvalue weighted by molar-refractivity contribution is 0.0917. The Hall–Kier alpha value is -2.14. The molecule has 1 saturated carbocycles. The van der Waals surface area contributed by atoms with Crippen molar-refractivity contribution in [1.82, 2.24) is 15.5 Å². The van der Waals surface area contributed by atoms with Gasteiger partial charge in [-0.2, -0.15) is 0 Å². The van der Waals surface area contributed by atoms with Crippen molar-refractivity contribution in [3.05, 3.63) is 52.2 Å². The molecule has 0 unspecified atom stereocenters. The minimum atomic E-state index is -0.308. The number of hydrogen-bond acceptors (Lipinski definition) is 4. The number of benzene rings is 1. The van der Waals surface area contributed by atoms with Gasteiger partial charge < -0.3 is 9.73 Å². The van der Waals surface area contributed by atoms with Crippen molar-refractivity contribution in [3.8, 4) is 0 Å². The Morgan fingerprint density at radius 3 is 2.83 bits per heavy atom. The maximum atomic E-state index is 12.4. The van der Waals surface area contributed by atoms with Crippen LogP contribution in [0.3, 0.4) is 0 Å². The summed E-state index contributed by atoms with van der Waals surface area (Å²) in [6, 6.07) is 5.93. The zero-order valence-electron chi connectivity index (χ0n) is 17.3. The van der Waals surface area contributed by atoms with Gasteiger partial charge in [-0.15, -0.1) is 10.2 Å². The van der Waals surface area contributed by atoms with E-state index in [1.807, 2.05) is 18.2 Å². The summed E-state index contributed by atoms with van der Waals surface area (Å²) in [6.07, 6.45) is 10.8. The predicted molar refractivity (Wildman–Crippen MR) is 116 cm³/mol. The van der Waals surface area contributed by atoms with Crippen LogP contribution in [0.5, 0.6) is 0 Å². The van der Waals surface area contributed by atoms with E-state index in [1.54, 1.807) is 0 Å². The van der Waals surface area contributed by atoms with E-state index in [-0.39, 0.29) is 11.8 Å². The highest BCUT2D eigenvalue weighted by Crippen LogP contribution is 2.31. The standard InChI is InChI=1S/C23H30ClN3O2/c1-3-4-8-17(20-15-19(24)12-11-16(20)2)13-14-25-21(28)23-27-26-22(29-23)18-9-6-5-7-10-18/h8,11-12,15,18H,3-7,9-10,13-14H2,1-2H3,(H,25,28). The van der Waals surface area contributed by atoms with E-state index < -0.39 is 0 Å². The monoisotopic (exact) mass is 415 g/mol. The molecule has 1 aromatic heterocycles. The third-order valence-corrected chi connectivity index (χ3v) is 5.73. The molecule has 0 radical (unpaired) electrons. The Morgan fingerprint density at radius 2 is 2.07 bits per heavy atom. The highest BCUT2D eigenvalue weighted by molar-refractivity contribution is 6.30. The van der Waals surface area contributed by atoms with Crippen molar-refractivity contribution in [1.29, 1.82) is 0 Å². The lowest BCUT2D eigenvalue weighted by Crippen LogP contribution is -2.25. The first-order valence-electron chi connectivity index (χ1n) is 10.7. The second-order valence-electron chi connectivity index (χ2n) is 7.76. The molecule has 6 heteroatoms. The average Bonchev–Trinajstić information content (AvgIpc) is 3.23. The molecule has 1 amide bonds. The van der Waals surface area contributed by atoms with Gasteiger partial charge in [0.15, 0.2) is 0 Å². The summed E-state index contributed by atoms with van der Waals surface area (Å²) in [7, 11) is 0. The highest BCUT2D eigenvalue weighted by atomic mass is 35.5. The van der Waals surface area contributed by atoms with E-state index in [9.17, 15) is 4.79 Å². The van der Waals surface area contributed by atoms with Crippen LogP contribution >= 0.6 is 11.6 Å². The minimum Gasteiger partial charge on any atom is -0.417 e. The molecule has 156 valence electrons. The van der Waals surface area contributed by atoms with Crippen LogP contribution in [0, 0.1) is 6.92 Å². The Labute approximate surface area is 177 Å². The van der Waals surface area contributed by atoms with E-state index in [4.69, 9.17) is 16.0 Å². The Morgan fingerprint density at radius 1 is 1.28 bits per heavy atom. The molecule has 29 heavy (non-hydrogen) atoms. The van der Waals surface area contributed by atoms with Gasteiger partial charge in [0.05, 0.1) is 0 Å². The average molecular weight is 416 g/mol. The van der Waals surface area contributed by atoms with E-state index in [0.717, 1.165) is 42.7 Å². The minimum absolute atomic E-state index is 0.0589. The number of hydrogen-bond donors (Lipinski definition) is 1. The van der Waals surface area contributed by atoms with Crippen molar-refractivity contribution in [3.63, 3.8) is 0 Å². The molecule has 3 rings (SSSR count). The molecule has 1 aliphatic rings. The number of unbranched alkanes of at least 4 members (excludes halogenated alkanes) is 1. The van der Waals surface area contributed by atoms with Gasteiger partial charge in [0, 0.05) is 17.5 Å². The van der Waals surface area contributed by atoms with Crippen LogP contribution in [0.2, 0.25) is 5.02 Å². The molecule has 0 spiro atoms. The lowest BCUT2D eigenvalue weighted by Gasteiger charge is -2.17. The lowest BCUT2D eigenvalue weighted by atomic mass is 9.89. The van der Waals surface area contributed by atoms with Gasteiger partial charge in [-0.3, -0.25) is 4.79 Å². The second kappa shape index (κ2) is 10.6. The quantitative estimate of drug-likeness (QED) is 0.567. The van der Waals surface area contributed by atoms with Crippen LogP contribution in [0.1, 0.15) is 91.9 Å². The first kappa shape index (κ1) is 21.6. The fourth-order valence-electron chi connectivity index (χ4n) is 3.83. The number of carbonyl (C=O) groups excluding carboxylic acids is 1. The molecule has 1 aromatic carbocycles. The van der Waals surface area contributed by atoms with Crippen LogP contribution in [0.15, 0.2) is 28.7 Å². The molecule has 1 fully saturated rings. The van der Waals surface area contributed by atoms with Gasteiger partial charge in [0.1, 0.15) is 0 Å².